The molecule has 0 saturated carbocycles. The first-order chi connectivity index (χ1) is 8.69. The van der Waals surface area contributed by atoms with Crippen LogP contribution in [-0.4, -0.2) is 74.0 Å². The first kappa shape index (κ1) is 13.8. The molecule has 0 aliphatic carbocycles. The lowest BCUT2D eigenvalue weighted by Gasteiger charge is -2.39. The van der Waals surface area contributed by atoms with Crippen molar-refractivity contribution in [3.05, 3.63) is 0 Å². The molecule has 2 aliphatic heterocycles. The summed E-state index contributed by atoms with van der Waals surface area (Å²) in [5, 5.41) is 8.89. The Labute approximate surface area is 109 Å². The number of hydrogen-bond donors (Lipinski definition) is 0. The average molecular weight is 253 g/mol. The Morgan fingerprint density at radius 3 is 2.72 bits per heavy atom. The highest BCUT2D eigenvalue weighted by Crippen LogP contribution is 2.12. The van der Waals surface area contributed by atoms with Crippen LogP contribution in [0, 0.1) is 11.3 Å². The summed E-state index contributed by atoms with van der Waals surface area (Å²) in [6.07, 6.45) is -0.0119. The number of morpholine rings is 2. The van der Waals surface area contributed by atoms with E-state index < -0.39 is 0 Å². The summed E-state index contributed by atoms with van der Waals surface area (Å²) in [4.78, 5) is 4.74. The van der Waals surface area contributed by atoms with Gasteiger partial charge in [0.15, 0.2) is 6.10 Å². The molecule has 5 nitrogen and oxygen atoms in total. The van der Waals surface area contributed by atoms with Gasteiger partial charge in [0.2, 0.25) is 0 Å². The number of rotatable bonds is 3. The predicted octanol–water partition coefficient (Wildman–Crippen LogP) is 0.320. The Kier molecular flexibility index (Phi) is 4.95. The molecule has 2 atom stereocenters. The molecule has 2 unspecified atom stereocenters. The SMILES string of the molecule is CC(C)N1CCOC(CN2CCOC(C#N)C2)C1. The van der Waals surface area contributed by atoms with E-state index in [0.29, 0.717) is 19.2 Å². The van der Waals surface area contributed by atoms with Gasteiger partial charge < -0.3 is 9.47 Å². The quantitative estimate of drug-likeness (QED) is 0.725. The molecule has 2 aliphatic rings. The summed E-state index contributed by atoms with van der Waals surface area (Å²) >= 11 is 0. The van der Waals surface area contributed by atoms with E-state index in [0.717, 1.165) is 32.8 Å². The van der Waals surface area contributed by atoms with E-state index in [9.17, 15) is 0 Å². The van der Waals surface area contributed by atoms with Crippen molar-refractivity contribution in [2.24, 2.45) is 0 Å². The fraction of sp³-hybridized carbons (Fsp3) is 0.923. The maximum absolute atomic E-state index is 8.89. The monoisotopic (exact) mass is 253 g/mol. The molecule has 0 N–H and O–H groups in total. The van der Waals surface area contributed by atoms with E-state index >= 15 is 0 Å². The smallest absolute Gasteiger partial charge is 0.156 e. The molecule has 0 aromatic rings. The predicted molar refractivity (Wildman–Crippen MR) is 68.2 cm³/mol. The van der Waals surface area contributed by atoms with Gasteiger partial charge in [0, 0.05) is 38.8 Å². The summed E-state index contributed by atoms with van der Waals surface area (Å²) in [7, 11) is 0. The molecule has 0 aromatic carbocycles. The lowest BCUT2D eigenvalue weighted by atomic mass is 10.2. The van der Waals surface area contributed by atoms with Gasteiger partial charge in [0.05, 0.1) is 25.4 Å². The molecule has 0 bridgehead atoms. The Morgan fingerprint density at radius 1 is 1.22 bits per heavy atom. The van der Waals surface area contributed by atoms with Crippen LogP contribution >= 0.6 is 0 Å². The highest BCUT2D eigenvalue weighted by molar-refractivity contribution is 4.90. The number of hydrogen-bond acceptors (Lipinski definition) is 5. The third kappa shape index (κ3) is 3.66. The topological polar surface area (TPSA) is 48.7 Å². The van der Waals surface area contributed by atoms with E-state index in [1.807, 2.05) is 0 Å². The van der Waals surface area contributed by atoms with Crippen molar-refractivity contribution in [2.75, 3.05) is 45.9 Å². The van der Waals surface area contributed by atoms with E-state index in [2.05, 4.69) is 29.7 Å². The summed E-state index contributed by atoms with van der Waals surface area (Å²) in [5.74, 6) is 0. The average Bonchev–Trinajstić information content (AvgIpc) is 2.39. The lowest BCUT2D eigenvalue weighted by Crippen LogP contribution is -2.52. The number of ether oxygens (including phenoxy) is 2. The minimum atomic E-state index is -0.274. The number of nitrogens with zero attached hydrogens (tertiary/aromatic N) is 3. The van der Waals surface area contributed by atoms with E-state index in [-0.39, 0.29) is 12.2 Å². The third-order valence-corrected chi connectivity index (χ3v) is 3.66. The van der Waals surface area contributed by atoms with Crippen molar-refractivity contribution in [1.82, 2.24) is 9.80 Å². The molecule has 18 heavy (non-hydrogen) atoms. The van der Waals surface area contributed by atoms with E-state index in [1.54, 1.807) is 0 Å². The van der Waals surface area contributed by atoms with Crippen LogP contribution < -0.4 is 0 Å². The zero-order valence-corrected chi connectivity index (χ0v) is 11.3. The molecule has 2 heterocycles. The van der Waals surface area contributed by atoms with Crippen molar-refractivity contribution in [1.29, 1.82) is 5.26 Å². The molecule has 0 amide bonds. The highest BCUT2D eigenvalue weighted by atomic mass is 16.5. The van der Waals surface area contributed by atoms with Crippen molar-refractivity contribution < 1.29 is 9.47 Å². The maximum atomic E-state index is 8.89. The Balaban J connectivity index is 1.80. The fourth-order valence-electron chi connectivity index (χ4n) is 2.56. The summed E-state index contributed by atoms with van der Waals surface area (Å²) < 4.78 is 11.2. The Hall–Kier alpha value is -0.670. The molecule has 0 radical (unpaired) electrons. The molecule has 0 aromatic heterocycles. The minimum Gasteiger partial charge on any atom is -0.374 e. The molecular formula is C13H23N3O2. The van der Waals surface area contributed by atoms with Crippen LogP contribution in [0.1, 0.15) is 13.8 Å². The summed E-state index contributed by atoms with van der Waals surface area (Å²) in [6, 6.07) is 2.76. The van der Waals surface area contributed by atoms with Crippen molar-refractivity contribution in [3.8, 4) is 6.07 Å². The zero-order chi connectivity index (χ0) is 13.0. The maximum Gasteiger partial charge on any atom is 0.156 e. The lowest BCUT2D eigenvalue weighted by molar-refractivity contribution is -0.0707. The first-order valence-corrected chi connectivity index (χ1v) is 6.78. The standard InChI is InChI=1S/C13H23N3O2/c1-11(2)16-4-6-18-13(10-16)9-15-3-5-17-12(7-14)8-15/h11-13H,3-6,8-10H2,1-2H3. The van der Waals surface area contributed by atoms with Crippen molar-refractivity contribution in [2.45, 2.75) is 32.1 Å². The van der Waals surface area contributed by atoms with Gasteiger partial charge in [-0.2, -0.15) is 5.26 Å². The minimum absolute atomic E-state index is 0.263. The molecule has 5 heteroatoms. The van der Waals surface area contributed by atoms with Crippen LogP contribution in [0.25, 0.3) is 0 Å². The van der Waals surface area contributed by atoms with Gasteiger partial charge in [-0.1, -0.05) is 0 Å². The van der Waals surface area contributed by atoms with E-state index in [1.165, 1.54) is 0 Å². The Bertz CT molecular complexity index is 303. The van der Waals surface area contributed by atoms with Crippen LogP contribution in [0.2, 0.25) is 0 Å². The van der Waals surface area contributed by atoms with Crippen LogP contribution in [-0.2, 0) is 9.47 Å². The van der Waals surface area contributed by atoms with Crippen molar-refractivity contribution in [3.63, 3.8) is 0 Å². The molecule has 2 fully saturated rings. The third-order valence-electron chi connectivity index (χ3n) is 3.66. The second kappa shape index (κ2) is 6.48. The largest absolute Gasteiger partial charge is 0.374 e. The second-order valence-electron chi connectivity index (χ2n) is 5.33. The van der Waals surface area contributed by atoms with Crippen LogP contribution in [0.4, 0.5) is 0 Å². The summed E-state index contributed by atoms with van der Waals surface area (Å²) in [6.45, 7) is 10.5. The first-order valence-electron chi connectivity index (χ1n) is 6.78. The van der Waals surface area contributed by atoms with Gasteiger partial charge in [-0.15, -0.1) is 0 Å². The van der Waals surface area contributed by atoms with Crippen molar-refractivity contribution >= 4 is 0 Å². The molecule has 2 saturated heterocycles. The van der Waals surface area contributed by atoms with Gasteiger partial charge >= 0.3 is 0 Å². The second-order valence-corrected chi connectivity index (χ2v) is 5.33. The van der Waals surface area contributed by atoms with Gasteiger partial charge in [0.25, 0.3) is 0 Å². The van der Waals surface area contributed by atoms with E-state index in [4.69, 9.17) is 14.7 Å². The normalized spacial score (nSPS) is 31.4. The van der Waals surface area contributed by atoms with Gasteiger partial charge in [-0.3, -0.25) is 9.80 Å². The molecule has 0 spiro atoms. The van der Waals surface area contributed by atoms with Gasteiger partial charge in [0.1, 0.15) is 0 Å². The highest BCUT2D eigenvalue weighted by Gasteiger charge is 2.27. The summed E-state index contributed by atoms with van der Waals surface area (Å²) in [5.41, 5.74) is 0. The number of nitriles is 1. The zero-order valence-electron chi connectivity index (χ0n) is 11.3. The molecule has 2 rings (SSSR count). The van der Waals surface area contributed by atoms with Gasteiger partial charge in [-0.05, 0) is 13.8 Å². The van der Waals surface area contributed by atoms with Crippen LogP contribution in [0.3, 0.4) is 0 Å². The van der Waals surface area contributed by atoms with Gasteiger partial charge in [-0.25, -0.2) is 0 Å². The molecule has 102 valence electrons. The van der Waals surface area contributed by atoms with Crippen LogP contribution in [0.15, 0.2) is 0 Å². The fourth-order valence-corrected chi connectivity index (χ4v) is 2.56. The van der Waals surface area contributed by atoms with Crippen LogP contribution in [0.5, 0.6) is 0 Å². The Morgan fingerprint density at radius 2 is 2.00 bits per heavy atom. The molecular weight excluding hydrogens is 230 g/mol.